The van der Waals surface area contributed by atoms with Crippen LogP contribution >= 0.6 is 0 Å². The normalized spacial score (nSPS) is 14.4. The molecule has 0 radical (unpaired) electrons. The lowest BCUT2D eigenvalue weighted by Crippen LogP contribution is -2.24. The van der Waals surface area contributed by atoms with E-state index in [-0.39, 0.29) is 5.41 Å². The van der Waals surface area contributed by atoms with E-state index in [0.29, 0.717) is 0 Å². The Morgan fingerprint density at radius 1 is 1.00 bits per heavy atom. The van der Waals surface area contributed by atoms with Crippen molar-refractivity contribution in [1.29, 1.82) is 0 Å². The monoisotopic (exact) mass is 278 g/mol. The third-order valence-electron chi connectivity index (χ3n) is 4.72. The number of nitrogens with zero attached hydrogens (tertiary/aromatic N) is 2. The van der Waals surface area contributed by atoms with Gasteiger partial charge >= 0.3 is 0 Å². The van der Waals surface area contributed by atoms with Gasteiger partial charge in [-0.2, -0.15) is 0 Å². The molecule has 1 unspecified atom stereocenters. The molecule has 0 aliphatic carbocycles. The largest absolute Gasteiger partial charge is 0.338 e. The van der Waals surface area contributed by atoms with Gasteiger partial charge < -0.3 is 4.57 Å². The van der Waals surface area contributed by atoms with Crippen molar-refractivity contribution in [2.24, 2.45) is 7.05 Å². The molecule has 1 aromatic rings. The lowest BCUT2D eigenvalue weighted by molar-refractivity contribution is 0.356. The van der Waals surface area contributed by atoms with Gasteiger partial charge in [0.1, 0.15) is 0 Å². The molecule has 0 bridgehead atoms. The standard InChI is InChI=1S/C18H34N2/c1-6-8-10-12-14-18(4,13-11-9-7-2)17-16(3)20(5)15-19-17/h15H,6-14H2,1-5H3. The Hall–Kier alpha value is -0.790. The van der Waals surface area contributed by atoms with E-state index in [1.54, 1.807) is 0 Å². The molecule has 2 heteroatoms. The molecule has 0 amide bonds. The zero-order chi connectivity index (χ0) is 15.0. The van der Waals surface area contributed by atoms with E-state index in [1.165, 1.54) is 69.2 Å². The Balaban J connectivity index is 2.74. The third kappa shape index (κ3) is 4.64. The number of imidazole rings is 1. The first-order valence-electron chi connectivity index (χ1n) is 8.53. The van der Waals surface area contributed by atoms with Crippen molar-refractivity contribution in [1.82, 2.24) is 9.55 Å². The van der Waals surface area contributed by atoms with Gasteiger partial charge in [-0.05, 0) is 19.8 Å². The summed E-state index contributed by atoms with van der Waals surface area (Å²) >= 11 is 0. The predicted molar refractivity (Wildman–Crippen MR) is 88.2 cm³/mol. The second-order valence-electron chi connectivity index (χ2n) is 6.62. The molecule has 0 spiro atoms. The van der Waals surface area contributed by atoms with Crippen LogP contribution in [0.25, 0.3) is 0 Å². The lowest BCUT2D eigenvalue weighted by atomic mass is 9.76. The minimum Gasteiger partial charge on any atom is -0.338 e. The number of unbranched alkanes of at least 4 members (excludes halogenated alkanes) is 5. The molecule has 116 valence electrons. The van der Waals surface area contributed by atoms with Crippen LogP contribution in [0.2, 0.25) is 0 Å². The number of hydrogen-bond acceptors (Lipinski definition) is 1. The van der Waals surface area contributed by atoms with Gasteiger partial charge in [-0.1, -0.05) is 65.7 Å². The molecule has 0 aromatic carbocycles. The van der Waals surface area contributed by atoms with Crippen LogP contribution in [0.3, 0.4) is 0 Å². The van der Waals surface area contributed by atoms with Gasteiger partial charge in [-0.25, -0.2) is 4.98 Å². The molecule has 20 heavy (non-hydrogen) atoms. The average Bonchev–Trinajstić information content (AvgIpc) is 2.76. The fourth-order valence-electron chi connectivity index (χ4n) is 3.15. The van der Waals surface area contributed by atoms with Crippen molar-refractivity contribution in [3.8, 4) is 0 Å². The summed E-state index contributed by atoms with van der Waals surface area (Å²) in [5.74, 6) is 0. The third-order valence-corrected chi connectivity index (χ3v) is 4.72. The SMILES string of the molecule is CCCCCCC(C)(CCCCC)c1ncn(C)c1C. The minimum absolute atomic E-state index is 0.272. The molecule has 0 fully saturated rings. The van der Waals surface area contributed by atoms with Crippen LogP contribution in [0, 0.1) is 6.92 Å². The van der Waals surface area contributed by atoms with Crippen LogP contribution in [-0.4, -0.2) is 9.55 Å². The lowest BCUT2D eigenvalue weighted by Gasteiger charge is -2.29. The highest BCUT2D eigenvalue weighted by molar-refractivity contribution is 5.21. The maximum Gasteiger partial charge on any atom is 0.0949 e. The summed E-state index contributed by atoms with van der Waals surface area (Å²) in [4.78, 5) is 4.73. The number of rotatable bonds is 10. The number of hydrogen-bond donors (Lipinski definition) is 0. The Morgan fingerprint density at radius 3 is 2.05 bits per heavy atom. The van der Waals surface area contributed by atoms with Crippen molar-refractivity contribution in [3.05, 3.63) is 17.7 Å². The van der Waals surface area contributed by atoms with Gasteiger partial charge in [0.05, 0.1) is 12.0 Å². The first-order chi connectivity index (χ1) is 9.55. The summed E-state index contributed by atoms with van der Waals surface area (Å²) < 4.78 is 2.17. The van der Waals surface area contributed by atoms with Gasteiger partial charge in [-0.15, -0.1) is 0 Å². The summed E-state index contributed by atoms with van der Waals surface area (Å²) in [6.45, 7) is 9.21. The molecule has 0 saturated heterocycles. The first kappa shape index (κ1) is 17.3. The maximum absolute atomic E-state index is 4.73. The van der Waals surface area contributed by atoms with Crippen molar-refractivity contribution in [3.63, 3.8) is 0 Å². The van der Waals surface area contributed by atoms with E-state index in [2.05, 4.69) is 39.3 Å². The Bertz CT molecular complexity index is 381. The molecular weight excluding hydrogens is 244 g/mol. The van der Waals surface area contributed by atoms with Gasteiger partial charge in [0, 0.05) is 18.2 Å². The van der Waals surface area contributed by atoms with Crippen LogP contribution in [0.4, 0.5) is 0 Å². The summed E-state index contributed by atoms with van der Waals surface area (Å²) in [5.41, 5.74) is 2.96. The highest BCUT2D eigenvalue weighted by Crippen LogP contribution is 2.36. The first-order valence-corrected chi connectivity index (χ1v) is 8.53. The van der Waals surface area contributed by atoms with E-state index < -0.39 is 0 Å². The fourth-order valence-corrected chi connectivity index (χ4v) is 3.15. The summed E-state index contributed by atoms with van der Waals surface area (Å²) in [5, 5.41) is 0. The second kappa shape index (κ2) is 8.49. The summed E-state index contributed by atoms with van der Waals surface area (Å²) in [7, 11) is 2.11. The van der Waals surface area contributed by atoms with E-state index in [9.17, 15) is 0 Å². The molecule has 2 nitrogen and oxygen atoms in total. The number of aryl methyl sites for hydroxylation is 1. The molecule has 1 atom stereocenters. The van der Waals surface area contributed by atoms with E-state index in [0.717, 1.165) is 0 Å². The molecule has 0 aliphatic heterocycles. The van der Waals surface area contributed by atoms with Crippen LogP contribution in [-0.2, 0) is 12.5 Å². The highest BCUT2D eigenvalue weighted by atomic mass is 15.0. The van der Waals surface area contributed by atoms with Crippen LogP contribution in [0.15, 0.2) is 6.33 Å². The van der Waals surface area contributed by atoms with E-state index in [4.69, 9.17) is 4.98 Å². The van der Waals surface area contributed by atoms with Crippen molar-refractivity contribution >= 4 is 0 Å². The zero-order valence-electron chi connectivity index (χ0n) is 14.3. The summed E-state index contributed by atoms with van der Waals surface area (Å²) in [6, 6.07) is 0. The van der Waals surface area contributed by atoms with Gasteiger partial charge in [-0.3, -0.25) is 0 Å². The van der Waals surface area contributed by atoms with Crippen molar-refractivity contribution < 1.29 is 0 Å². The number of aromatic nitrogens is 2. The molecule has 0 aliphatic rings. The summed E-state index contributed by atoms with van der Waals surface area (Å²) in [6.07, 6.45) is 13.9. The van der Waals surface area contributed by atoms with Crippen molar-refractivity contribution in [2.75, 3.05) is 0 Å². The average molecular weight is 278 g/mol. The van der Waals surface area contributed by atoms with Gasteiger partial charge in [0.25, 0.3) is 0 Å². The molecule has 1 aromatic heterocycles. The van der Waals surface area contributed by atoms with Crippen molar-refractivity contribution in [2.45, 2.75) is 90.9 Å². The fraction of sp³-hybridized carbons (Fsp3) is 0.833. The zero-order valence-corrected chi connectivity index (χ0v) is 14.3. The Kier molecular flexibility index (Phi) is 7.32. The quantitative estimate of drug-likeness (QED) is 0.514. The molecule has 1 heterocycles. The molecule has 0 N–H and O–H groups in total. The second-order valence-corrected chi connectivity index (χ2v) is 6.62. The van der Waals surface area contributed by atoms with Gasteiger partial charge in [0.15, 0.2) is 0 Å². The topological polar surface area (TPSA) is 17.8 Å². The molecule has 0 saturated carbocycles. The maximum atomic E-state index is 4.73. The van der Waals surface area contributed by atoms with Crippen LogP contribution in [0.1, 0.15) is 89.9 Å². The van der Waals surface area contributed by atoms with Crippen LogP contribution < -0.4 is 0 Å². The van der Waals surface area contributed by atoms with E-state index in [1.807, 2.05) is 6.33 Å². The molecular formula is C18H34N2. The highest BCUT2D eigenvalue weighted by Gasteiger charge is 2.29. The van der Waals surface area contributed by atoms with Crippen LogP contribution in [0.5, 0.6) is 0 Å². The Morgan fingerprint density at radius 2 is 1.55 bits per heavy atom. The Labute approximate surface area is 126 Å². The van der Waals surface area contributed by atoms with Gasteiger partial charge in [0.2, 0.25) is 0 Å². The smallest absolute Gasteiger partial charge is 0.0949 e. The van der Waals surface area contributed by atoms with E-state index >= 15 is 0 Å². The predicted octanol–water partition coefficient (Wildman–Crippen LogP) is 5.54. The minimum atomic E-state index is 0.272. The molecule has 1 rings (SSSR count).